The maximum absolute atomic E-state index is 5.83. The highest BCUT2D eigenvalue weighted by molar-refractivity contribution is 5.36. The molecule has 1 aliphatic carbocycles. The molecule has 1 fully saturated rings. The fourth-order valence-electron chi connectivity index (χ4n) is 3.44. The van der Waals surface area contributed by atoms with Crippen LogP contribution in [0.15, 0.2) is 24.3 Å². The summed E-state index contributed by atoms with van der Waals surface area (Å²) in [5.74, 6) is 2.01. The van der Waals surface area contributed by atoms with Gasteiger partial charge in [0.15, 0.2) is 0 Å². The highest BCUT2D eigenvalue weighted by Crippen LogP contribution is 2.34. The van der Waals surface area contributed by atoms with Gasteiger partial charge in [0, 0.05) is 11.6 Å². The molecule has 1 atom stereocenters. The maximum Gasteiger partial charge on any atom is 0.124 e. The predicted octanol–water partition coefficient (Wildman–Crippen LogP) is 5.10. The highest BCUT2D eigenvalue weighted by atomic mass is 16.5. The summed E-state index contributed by atoms with van der Waals surface area (Å²) >= 11 is 0. The first-order valence-corrected chi connectivity index (χ1v) is 8.80. The average molecular weight is 289 g/mol. The third-order valence-corrected chi connectivity index (χ3v) is 4.57. The van der Waals surface area contributed by atoms with Gasteiger partial charge in [0.25, 0.3) is 0 Å². The van der Waals surface area contributed by atoms with E-state index in [2.05, 4.69) is 43.4 Å². The van der Waals surface area contributed by atoms with Gasteiger partial charge in [-0.15, -0.1) is 0 Å². The Labute approximate surface area is 130 Å². The van der Waals surface area contributed by atoms with E-state index in [0.29, 0.717) is 6.04 Å². The number of rotatable bonds is 9. The molecule has 1 N–H and O–H groups in total. The standard InChI is InChI=1S/C19H31NO/c1-3-15-20-18(14-13-16-9-5-6-10-16)17-11-7-8-12-19(17)21-4-2/h7-8,11-12,16,18,20H,3-6,9-10,13-15H2,1-2H3. The molecule has 1 unspecified atom stereocenters. The Balaban J connectivity index is 2.02. The van der Waals surface area contributed by atoms with Crippen LogP contribution in [0, 0.1) is 5.92 Å². The van der Waals surface area contributed by atoms with E-state index in [1.165, 1.54) is 50.5 Å². The molecule has 0 saturated heterocycles. The lowest BCUT2D eigenvalue weighted by atomic mass is 9.94. The van der Waals surface area contributed by atoms with E-state index in [-0.39, 0.29) is 0 Å². The molecule has 2 nitrogen and oxygen atoms in total. The van der Waals surface area contributed by atoms with Crippen molar-refractivity contribution in [3.8, 4) is 5.75 Å². The fourth-order valence-corrected chi connectivity index (χ4v) is 3.44. The zero-order valence-electron chi connectivity index (χ0n) is 13.7. The normalized spacial score (nSPS) is 17.0. The van der Waals surface area contributed by atoms with Crippen molar-refractivity contribution >= 4 is 0 Å². The molecule has 0 radical (unpaired) electrons. The molecule has 1 aliphatic rings. The first-order valence-electron chi connectivity index (χ1n) is 8.80. The summed E-state index contributed by atoms with van der Waals surface area (Å²) in [6.45, 7) is 6.11. The van der Waals surface area contributed by atoms with E-state index in [1.807, 2.05) is 0 Å². The first-order chi connectivity index (χ1) is 10.3. The molecule has 0 bridgehead atoms. The summed E-state index contributed by atoms with van der Waals surface area (Å²) < 4.78 is 5.83. The van der Waals surface area contributed by atoms with Crippen LogP contribution < -0.4 is 10.1 Å². The second-order valence-corrected chi connectivity index (χ2v) is 6.21. The number of nitrogens with one attached hydrogen (secondary N) is 1. The Hall–Kier alpha value is -1.02. The monoisotopic (exact) mass is 289 g/mol. The molecule has 2 rings (SSSR count). The van der Waals surface area contributed by atoms with Crippen LogP contribution in [-0.2, 0) is 0 Å². The van der Waals surface area contributed by atoms with Crippen molar-refractivity contribution in [3.63, 3.8) is 0 Å². The first kappa shape index (κ1) is 16.4. The molecule has 0 aliphatic heterocycles. The summed E-state index contributed by atoms with van der Waals surface area (Å²) in [5.41, 5.74) is 1.34. The number of hydrogen-bond donors (Lipinski definition) is 1. The highest BCUT2D eigenvalue weighted by Gasteiger charge is 2.20. The smallest absolute Gasteiger partial charge is 0.124 e. The third-order valence-electron chi connectivity index (χ3n) is 4.57. The van der Waals surface area contributed by atoms with E-state index in [0.717, 1.165) is 24.8 Å². The van der Waals surface area contributed by atoms with Gasteiger partial charge < -0.3 is 10.1 Å². The minimum absolute atomic E-state index is 0.438. The maximum atomic E-state index is 5.83. The summed E-state index contributed by atoms with van der Waals surface area (Å²) in [7, 11) is 0. The Morgan fingerprint density at radius 1 is 1.19 bits per heavy atom. The van der Waals surface area contributed by atoms with E-state index >= 15 is 0 Å². The van der Waals surface area contributed by atoms with Crippen LogP contribution in [-0.4, -0.2) is 13.2 Å². The minimum Gasteiger partial charge on any atom is -0.494 e. The van der Waals surface area contributed by atoms with Crippen LogP contribution in [0.2, 0.25) is 0 Å². The van der Waals surface area contributed by atoms with Crippen molar-refractivity contribution in [2.24, 2.45) is 5.92 Å². The van der Waals surface area contributed by atoms with E-state index in [9.17, 15) is 0 Å². The minimum atomic E-state index is 0.438. The van der Waals surface area contributed by atoms with E-state index in [4.69, 9.17) is 4.74 Å². The van der Waals surface area contributed by atoms with E-state index < -0.39 is 0 Å². The summed E-state index contributed by atoms with van der Waals surface area (Å²) in [6, 6.07) is 8.98. The number of benzene rings is 1. The topological polar surface area (TPSA) is 21.3 Å². The number of ether oxygens (including phenoxy) is 1. The molecule has 1 aromatic carbocycles. The van der Waals surface area contributed by atoms with Crippen molar-refractivity contribution in [2.75, 3.05) is 13.2 Å². The Bertz CT molecular complexity index is 398. The molecule has 0 amide bonds. The summed E-state index contributed by atoms with van der Waals surface area (Å²) in [6.07, 6.45) is 9.51. The quantitative estimate of drug-likeness (QED) is 0.683. The van der Waals surface area contributed by atoms with Gasteiger partial charge in [0.1, 0.15) is 5.75 Å². The molecule has 1 saturated carbocycles. The van der Waals surface area contributed by atoms with Crippen LogP contribution in [0.5, 0.6) is 5.75 Å². The van der Waals surface area contributed by atoms with Gasteiger partial charge >= 0.3 is 0 Å². The van der Waals surface area contributed by atoms with Gasteiger partial charge in [0.05, 0.1) is 6.61 Å². The second-order valence-electron chi connectivity index (χ2n) is 6.21. The molecular formula is C19H31NO. The van der Waals surface area contributed by atoms with Crippen LogP contribution in [0.25, 0.3) is 0 Å². The lowest BCUT2D eigenvalue weighted by Crippen LogP contribution is -2.23. The summed E-state index contributed by atoms with van der Waals surface area (Å²) in [5, 5.41) is 3.73. The molecule has 0 heterocycles. The largest absolute Gasteiger partial charge is 0.494 e. The zero-order chi connectivity index (χ0) is 14.9. The van der Waals surface area contributed by atoms with E-state index in [1.54, 1.807) is 0 Å². The van der Waals surface area contributed by atoms with Gasteiger partial charge in [-0.2, -0.15) is 0 Å². The Kier molecular flexibility index (Phi) is 7.08. The number of para-hydroxylation sites is 1. The van der Waals surface area contributed by atoms with Gasteiger partial charge in [-0.1, -0.05) is 50.8 Å². The van der Waals surface area contributed by atoms with Crippen molar-refractivity contribution in [3.05, 3.63) is 29.8 Å². The summed E-state index contributed by atoms with van der Waals surface area (Å²) in [4.78, 5) is 0. The predicted molar refractivity (Wildman–Crippen MR) is 89.8 cm³/mol. The average Bonchev–Trinajstić information content (AvgIpc) is 3.02. The van der Waals surface area contributed by atoms with Crippen LogP contribution in [0.1, 0.15) is 70.4 Å². The van der Waals surface area contributed by atoms with Gasteiger partial charge in [0.2, 0.25) is 0 Å². The zero-order valence-corrected chi connectivity index (χ0v) is 13.7. The van der Waals surface area contributed by atoms with Crippen LogP contribution in [0.4, 0.5) is 0 Å². The molecule has 0 spiro atoms. The van der Waals surface area contributed by atoms with Crippen molar-refractivity contribution in [1.29, 1.82) is 0 Å². The SMILES string of the molecule is CCCNC(CCC1CCCC1)c1ccccc1OCC. The van der Waals surface area contributed by atoms with Crippen molar-refractivity contribution in [1.82, 2.24) is 5.32 Å². The molecular weight excluding hydrogens is 258 g/mol. The van der Waals surface area contributed by atoms with Gasteiger partial charge in [-0.05, 0) is 44.7 Å². The lowest BCUT2D eigenvalue weighted by molar-refractivity contribution is 0.326. The number of hydrogen-bond acceptors (Lipinski definition) is 2. The molecule has 2 heteroatoms. The van der Waals surface area contributed by atoms with Crippen molar-refractivity contribution in [2.45, 2.75) is 64.8 Å². The Morgan fingerprint density at radius 3 is 2.67 bits per heavy atom. The second kappa shape index (κ2) is 9.09. The Morgan fingerprint density at radius 2 is 1.95 bits per heavy atom. The molecule has 0 aromatic heterocycles. The van der Waals surface area contributed by atoms with Crippen LogP contribution >= 0.6 is 0 Å². The van der Waals surface area contributed by atoms with Gasteiger partial charge in [-0.3, -0.25) is 0 Å². The van der Waals surface area contributed by atoms with Gasteiger partial charge in [-0.25, -0.2) is 0 Å². The fraction of sp³-hybridized carbons (Fsp3) is 0.684. The molecule has 21 heavy (non-hydrogen) atoms. The lowest BCUT2D eigenvalue weighted by Gasteiger charge is -2.23. The molecule has 118 valence electrons. The van der Waals surface area contributed by atoms with Crippen LogP contribution in [0.3, 0.4) is 0 Å². The molecule has 1 aromatic rings. The third kappa shape index (κ3) is 5.03. The van der Waals surface area contributed by atoms with Crippen molar-refractivity contribution < 1.29 is 4.74 Å².